The third-order valence-electron chi connectivity index (χ3n) is 5.29. The van der Waals surface area contributed by atoms with Gasteiger partial charge < -0.3 is 5.11 Å². The lowest BCUT2D eigenvalue weighted by atomic mass is 9.87. The third kappa shape index (κ3) is 2.76. The predicted octanol–water partition coefficient (Wildman–Crippen LogP) is 3.60. The Balaban J connectivity index is 1.79. The lowest BCUT2D eigenvalue weighted by molar-refractivity contribution is -0.142. The van der Waals surface area contributed by atoms with E-state index >= 15 is 0 Å². The molecule has 1 aromatic heterocycles. The average Bonchev–Trinajstić information content (AvgIpc) is 3.38. The highest BCUT2D eigenvalue weighted by Crippen LogP contribution is 2.43. The first-order valence-electron chi connectivity index (χ1n) is 8.60. The van der Waals surface area contributed by atoms with Crippen molar-refractivity contribution in [1.82, 2.24) is 9.78 Å². The number of aliphatic carboxylic acids is 1. The first-order chi connectivity index (χ1) is 12.0. The van der Waals surface area contributed by atoms with Crippen molar-refractivity contribution in [2.75, 3.05) is 0 Å². The number of rotatable bonds is 3. The van der Waals surface area contributed by atoms with Gasteiger partial charge in [0.1, 0.15) is 0 Å². The van der Waals surface area contributed by atoms with Crippen LogP contribution in [0.4, 0.5) is 0 Å². The number of benzene rings is 1. The van der Waals surface area contributed by atoms with E-state index in [2.05, 4.69) is 5.10 Å². The maximum atomic E-state index is 13.3. The van der Waals surface area contributed by atoms with E-state index in [1.807, 2.05) is 19.1 Å². The molecule has 0 spiro atoms. The van der Waals surface area contributed by atoms with E-state index in [1.54, 1.807) is 6.07 Å². The molecular formula is C19H19ClN2O3. The molecule has 1 unspecified atom stereocenters. The number of carbonyl (C=O) groups excluding carboxylic acids is 1. The Morgan fingerprint density at radius 3 is 2.72 bits per heavy atom. The number of nitrogens with zero attached hydrogens (tertiary/aromatic N) is 2. The number of aromatic nitrogens is 2. The monoisotopic (exact) mass is 358 g/mol. The molecule has 2 aliphatic rings. The Kier molecular flexibility index (Phi) is 3.91. The second-order valence-corrected chi connectivity index (χ2v) is 7.39. The highest BCUT2D eigenvalue weighted by atomic mass is 35.5. The van der Waals surface area contributed by atoms with Gasteiger partial charge in [0.2, 0.25) is 0 Å². The molecule has 1 aromatic carbocycles. The Morgan fingerprint density at radius 1 is 1.28 bits per heavy atom. The van der Waals surface area contributed by atoms with Gasteiger partial charge in [-0.15, -0.1) is 0 Å². The van der Waals surface area contributed by atoms with Crippen LogP contribution in [0, 0.1) is 12.8 Å². The van der Waals surface area contributed by atoms with Gasteiger partial charge in [-0.1, -0.05) is 23.7 Å². The highest BCUT2D eigenvalue weighted by molar-refractivity contribution is 6.34. The van der Waals surface area contributed by atoms with Crippen LogP contribution >= 0.6 is 11.6 Å². The molecule has 0 amide bonds. The van der Waals surface area contributed by atoms with E-state index in [1.165, 1.54) is 4.68 Å². The molecule has 1 heterocycles. The normalized spacial score (nSPS) is 19.5. The Hall–Kier alpha value is -2.14. The average molecular weight is 359 g/mol. The van der Waals surface area contributed by atoms with E-state index in [0.717, 1.165) is 35.4 Å². The second-order valence-electron chi connectivity index (χ2n) is 6.98. The highest BCUT2D eigenvalue weighted by Gasteiger charge is 2.34. The minimum atomic E-state index is -0.820. The fraction of sp³-hybridized carbons (Fsp3) is 0.421. The molecule has 130 valence electrons. The van der Waals surface area contributed by atoms with Gasteiger partial charge in [0.05, 0.1) is 27.9 Å². The number of carboxylic acid groups (broad SMARTS) is 1. The molecule has 5 nitrogen and oxygen atoms in total. The lowest BCUT2D eigenvalue weighted by Gasteiger charge is -2.20. The minimum absolute atomic E-state index is 0.247. The number of aryl methyl sites for hydroxylation is 1. The van der Waals surface area contributed by atoms with Crippen molar-refractivity contribution in [3.05, 3.63) is 51.3 Å². The molecule has 1 saturated carbocycles. The molecule has 0 radical (unpaired) electrons. The number of carbonyl (C=O) groups is 2. The van der Waals surface area contributed by atoms with Crippen molar-refractivity contribution < 1.29 is 14.7 Å². The summed E-state index contributed by atoms with van der Waals surface area (Å²) >= 11 is 6.36. The summed E-state index contributed by atoms with van der Waals surface area (Å²) in [6, 6.07) is 5.56. The zero-order chi connectivity index (χ0) is 17.7. The van der Waals surface area contributed by atoms with Crippen LogP contribution in [0.5, 0.6) is 0 Å². The number of hydrogen-bond acceptors (Lipinski definition) is 3. The number of hydrogen-bond donors (Lipinski definition) is 1. The van der Waals surface area contributed by atoms with Crippen molar-refractivity contribution in [1.29, 1.82) is 0 Å². The zero-order valence-corrected chi connectivity index (χ0v) is 14.7. The van der Waals surface area contributed by atoms with Crippen LogP contribution in [-0.4, -0.2) is 26.8 Å². The standard InChI is InChI=1S/C19H19ClN2O3/c1-10-13-8-7-12(19(24)25)9-16(13)22(21-10)18(23)17-14(11-5-6-11)3-2-4-15(17)20/h2-4,11-12H,5-9H2,1H3,(H,24,25). The fourth-order valence-corrected chi connectivity index (χ4v) is 4.04. The maximum absolute atomic E-state index is 13.3. The van der Waals surface area contributed by atoms with Gasteiger partial charge in [-0.25, -0.2) is 4.68 Å². The summed E-state index contributed by atoms with van der Waals surface area (Å²) in [4.78, 5) is 24.6. The van der Waals surface area contributed by atoms with Gasteiger partial charge in [-0.05, 0) is 55.7 Å². The summed E-state index contributed by atoms with van der Waals surface area (Å²) in [6.07, 6.45) is 3.70. The van der Waals surface area contributed by atoms with Crippen LogP contribution in [0.3, 0.4) is 0 Å². The minimum Gasteiger partial charge on any atom is -0.481 e. The van der Waals surface area contributed by atoms with Crippen molar-refractivity contribution in [2.24, 2.45) is 5.92 Å². The molecular weight excluding hydrogens is 340 g/mol. The number of fused-ring (bicyclic) bond motifs is 1. The van der Waals surface area contributed by atoms with Crippen LogP contribution < -0.4 is 0 Å². The molecule has 0 saturated heterocycles. The maximum Gasteiger partial charge on any atom is 0.306 e. The van der Waals surface area contributed by atoms with Gasteiger partial charge in [0, 0.05) is 6.42 Å². The summed E-state index contributed by atoms with van der Waals surface area (Å²) in [7, 11) is 0. The summed E-state index contributed by atoms with van der Waals surface area (Å²) in [5, 5.41) is 14.2. The van der Waals surface area contributed by atoms with Gasteiger partial charge in [-0.3, -0.25) is 9.59 Å². The lowest BCUT2D eigenvalue weighted by Crippen LogP contribution is -2.26. The summed E-state index contributed by atoms with van der Waals surface area (Å²) in [5.41, 5.74) is 4.01. The summed E-state index contributed by atoms with van der Waals surface area (Å²) in [5.74, 6) is -1.15. The summed E-state index contributed by atoms with van der Waals surface area (Å²) < 4.78 is 1.40. The molecule has 1 atom stereocenters. The smallest absolute Gasteiger partial charge is 0.306 e. The summed E-state index contributed by atoms with van der Waals surface area (Å²) in [6.45, 7) is 1.87. The number of carboxylic acids is 1. The van der Waals surface area contributed by atoms with Crippen LogP contribution in [0.2, 0.25) is 5.02 Å². The van der Waals surface area contributed by atoms with Gasteiger partial charge in [0.15, 0.2) is 0 Å². The fourth-order valence-electron chi connectivity index (χ4n) is 3.78. The Morgan fingerprint density at radius 2 is 2.04 bits per heavy atom. The Labute approximate surface area is 150 Å². The van der Waals surface area contributed by atoms with Crippen LogP contribution in [0.25, 0.3) is 0 Å². The molecule has 4 rings (SSSR count). The molecule has 1 N–H and O–H groups in total. The van der Waals surface area contributed by atoms with Crippen molar-refractivity contribution in [2.45, 2.75) is 44.9 Å². The zero-order valence-electron chi connectivity index (χ0n) is 14.0. The van der Waals surface area contributed by atoms with Gasteiger partial charge in [0.25, 0.3) is 5.91 Å². The molecule has 1 fully saturated rings. The van der Waals surface area contributed by atoms with E-state index < -0.39 is 11.9 Å². The van der Waals surface area contributed by atoms with E-state index in [0.29, 0.717) is 35.8 Å². The molecule has 0 bridgehead atoms. The van der Waals surface area contributed by atoms with Crippen molar-refractivity contribution >= 4 is 23.5 Å². The third-order valence-corrected chi connectivity index (χ3v) is 5.61. The molecule has 2 aromatic rings. The second kappa shape index (κ2) is 5.99. The van der Waals surface area contributed by atoms with E-state index in [-0.39, 0.29) is 5.91 Å². The van der Waals surface area contributed by atoms with Crippen molar-refractivity contribution in [3.8, 4) is 0 Å². The quantitative estimate of drug-likeness (QED) is 0.909. The molecule has 2 aliphatic carbocycles. The van der Waals surface area contributed by atoms with Crippen molar-refractivity contribution in [3.63, 3.8) is 0 Å². The van der Waals surface area contributed by atoms with E-state index in [9.17, 15) is 14.7 Å². The van der Waals surface area contributed by atoms with Crippen LogP contribution in [0.1, 0.15) is 58.1 Å². The predicted molar refractivity (Wildman–Crippen MR) is 93.3 cm³/mol. The molecule has 0 aliphatic heterocycles. The topological polar surface area (TPSA) is 72.2 Å². The van der Waals surface area contributed by atoms with Crippen LogP contribution in [-0.2, 0) is 17.6 Å². The molecule has 6 heteroatoms. The van der Waals surface area contributed by atoms with E-state index in [4.69, 9.17) is 11.6 Å². The van der Waals surface area contributed by atoms with Gasteiger partial charge in [-0.2, -0.15) is 5.10 Å². The number of halogens is 1. The van der Waals surface area contributed by atoms with Crippen LogP contribution in [0.15, 0.2) is 18.2 Å². The Bertz CT molecular complexity index is 883. The largest absolute Gasteiger partial charge is 0.481 e. The first-order valence-corrected chi connectivity index (χ1v) is 8.98. The SMILES string of the molecule is Cc1nn(C(=O)c2c(Cl)cccc2C2CC2)c2c1CCC(C(=O)O)C2. The first kappa shape index (κ1) is 16.3. The molecule has 25 heavy (non-hydrogen) atoms. The van der Waals surface area contributed by atoms with Gasteiger partial charge >= 0.3 is 5.97 Å².